The molecule has 0 aliphatic rings. The molecule has 0 aliphatic heterocycles. The Kier molecular flexibility index (Phi) is 62.8. The Hall–Kier alpha value is -2.46. The van der Waals surface area contributed by atoms with E-state index in [0.717, 1.165) is 116 Å². The molecule has 0 aromatic heterocycles. The first-order valence-electron chi connectivity index (χ1n) is 37.3. The largest absolute Gasteiger partial charge is 0.472 e. The van der Waals surface area contributed by atoms with Crippen molar-refractivity contribution in [3.63, 3.8) is 0 Å². The number of esters is 4. The highest BCUT2D eigenvalue weighted by Gasteiger charge is 2.30. The molecule has 0 saturated heterocycles. The van der Waals surface area contributed by atoms with Crippen molar-refractivity contribution in [2.45, 2.75) is 368 Å². The number of hydrogen-bond acceptors (Lipinski definition) is 15. The Morgan fingerprint density at radius 3 is 0.891 bits per heavy atom. The van der Waals surface area contributed by atoms with Crippen LogP contribution in [0.2, 0.25) is 0 Å². The molecule has 92 heavy (non-hydrogen) atoms. The molecule has 0 spiro atoms. The summed E-state index contributed by atoms with van der Waals surface area (Å²) in [4.78, 5) is 72.5. The van der Waals surface area contributed by atoms with E-state index in [1.54, 1.807) is 0 Å². The van der Waals surface area contributed by atoms with Gasteiger partial charge >= 0.3 is 39.5 Å². The molecule has 0 bridgehead atoms. The van der Waals surface area contributed by atoms with Crippen LogP contribution in [0.1, 0.15) is 350 Å². The zero-order valence-electron chi connectivity index (χ0n) is 59.3. The lowest BCUT2D eigenvalue weighted by Crippen LogP contribution is -2.30. The summed E-state index contributed by atoms with van der Waals surface area (Å²) in [6.45, 7) is 9.32. The molecular weight excluding hydrogens is 1210 g/mol. The van der Waals surface area contributed by atoms with Crippen LogP contribution in [-0.4, -0.2) is 96.7 Å². The van der Waals surface area contributed by atoms with E-state index in [4.69, 9.17) is 37.0 Å². The molecule has 3 N–H and O–H groups in total. The predicted octanol–water partition coefficient (Wildman–Crippen LogP) is 20.7. The maximum atomic E-state index is 13.0. The van der Waals surface area contributed by atoms with E-state index < -0.39 is 97.5 Å². The van der Waals surface area contributed by atoms with E-state index in [1.165, 1.54) is 141 Å². The zero-order chi connectivity index (χ0) is 67.9. The van der Waals surface area contributed by atoms with Gasteiger partial charge in [-0.1, -0.05) is 297 Å². The van der Waals surface area contributed by atoms with Crippen molar-refractivity contribution < 1.29 is 80.2 Å². The van der Waals surface area contributed by atoms with E-state index in [1.807, 2.05) is 0 Å². The number of phosphoric ester groups is 2. The lowest BCUT2D eigenvalue weighted by atomic mass is 10.0. The van der Waals surface area contributed by atoms with Gasteiger partial charge in [-0.05, 0) is 63.2 Å². The first-order chi connectivity index (χ1) is 44.4. The second kappa shape index (κ2) is 64.5. The highest BCUT2D eigenvalue weighted by molar-refractivity contribution is 7.47. The Morgan fingerprint density at radius 1 is 0.337 bits per heavy atom. The van der Waals surface area contributed by atoms with E-state index in [0.29, 0.717) is 37.5 Å². The van der Waals surface area contributed by atoms with Crippen LogP contribution in [-0.2, 0) is 65.4 Å². The molecule has 0 amide bonds. The Bertz CT molecular complexity index is 1880. The molecule has 0 fully saturated rings. The summed E-state index contributed by atoms with van der Waals surface area (Å²) in [7, 11) is -9.91. The van der Waals surface area contributed by atoms with E-state index in [9.17, 15) is 43.2 Å². The van der Waals surface area contributed by atoms with Crippen LogP contribution in [0.25, 0.3) is 0 Å². The number of rotatable bonds is 70. The molecule has 0 aromatic rings. The molecule has 5 atom stereocenters. The number of phosphoric acid groups is 2. The summed E-state index contributed by atoms with van der Waals surface area (Å²) in [6.07, 6.45) is 54.0. The van der Waals surface area contributed by atoms with Crippen LogP contribution >= 0.6 is 15.6 Å². The van der Waals surface area contributed by atoms with Gasteiger partial charge in [-0.2, -0.15) is 0 Å². The number of allylic oxidation sites excluding steroid dienone is 4. The summed E-state index contributed by atoms with van der Waals surface area (Å²) in [5.41, 5.74) is 0. The van der Waals surface area contributed by atoms with E-state index in [2.05, 4.69) is 65.8 Å². The van der Waals surface area contributed by atoms with Crippen molar-refractivity contribution in [3.8, 4) is 0 Å². The minimum Gasteiger partial charge on any atom is -0.462 e. The van der Waals surface area contributed by atoms with Crippen LogP contribution in [0.3, 0.4) is 0 Å². The molecule has 0 aliphatic carbocycles. The molecule has 19 heteroatoms. The van der Waals surface area contributed by atoms with Crippen molar-refractivity contribution in [2.24, 2.45) is 11.8 Å². The van der Waals surface area contributed by atoms with Gasteiger partial charge in [0.25, 0.3) is 0 Å². The number of aliphatic hydroxyl groups is 1. The van der Waals surface area contributed by atoms with Crippen molar-refractivity contribution in [1.82, 2.24) is 0 Å². The van der Waals surface area contributed by atoms with Crippen molar-refractivity contribution >= 4 is 39.5 Å². The standard InChI is InChI=1S/C73H138O17P2/c1-7-9-11-13-15-17-19-21-23-24-25-26-28-30-32-34-36-45-51-57-72(77)89-68(61-83-70(75)55-49-43-35-33-31-29-27-22-20-18-16-14-12-10-8-2)63-87-91(79,80)85-59-67(74)60-86-92(81,82)88-64-69(90-73(78)58-52-46-40-38-42-48-54-66(5)6)62-84-71(76)56-50-44-39-37-41-47-53-65(3)4/h18,20,22,27,65-69,74H,7-17,19,21,23-26,28-64H2,1-6H3,(H,79,80)(H,81,82)/b20-18-,27-22-/t67-,68-,69-/m1/s1. The van der Waals surface area contributed by atoms with Crippen LogP contribution in [0.5, 0.6) is 0 Å². The van der Waals surface area contributed by atoms with Crippen molar-refractivity contribution in [3.05, 3.63) is 24.3 Å². The fourth-order valence-corrected chi connectivity index (χ4v) is 12.2. The first-order valence-corrected chi connectivity index (χ1v) is 40.3. The fourth-order valence-electron chi connectivity index (χ4n) is 10.6. The second-order valence-electron chi connectivity index (χ2n) is 26.6. The average Bonchev–Trinajstić information content (AvgIpc) is 1.54. The summed E-state index contributed by atoms with van der Waals surface area (Å²) in [5, 5.41) is 10.6. The number of carbonyl (C=O) groups is 4. The predicted molar refractivity (Wildman–Crippen MR) is 372 cm³/mol. The molecule has 542 valence electrons. The minimum absolute atomic E-state index is 0.0988. The van der Waals surface area contributed by atoms with Gasteiger partial charge in [-0.25, -0.2) is 9.13 Å². The van der Waals surface area contributed by atoms with Gasteiger partial charge in [0.2, 0.25) is 0 Å². The van der Waals surface area contributed by atoms with E-state index >= 15 is 0 Å². The normalized spacial score (nSPS) is 14.2. The molecule has 0 radical (unpaired) electrons. The van der Waals surface area contributed by atoms with Gasteiger partial charge in [0.15, 0.2) is 12.2 Å². The maximum Gasteiger partial charge on any atom is 0.472 e. The molecule has 0 saturated carbocycles. The minimum atomic E-state index is -4.96. The Labute approximate surface area is 561 Å². The summed E-state index contributed by atoms with van der Waals surface area (Å²) >= 11 is 0. The van der Waals surface area contributed by atoms with Gasteiger partial charge < -0.3 is 33.8 Å². The third-order valence-corrected chi connectivity index (χ3v) is 18.2. The highest BCUT2D eigenvalue weighted by Crippen LogP contribution is 2.45. The lowest BCUT2D eigenvalue weighted by Gasteiger charge is -2.21. The number of ether oxygens (including phenoxy) is 4. The van der Waals surface area contributed by atoms with Crippen LogP contribution in [0, 0.1) is 11.8 Å². The second-order valence-corrected chi connectivity index (χ2v) is 29.5. The van der Waals surface area contributed by atoms with Gasteiger partial charge in [0, 0.05) is 25.7 Å². The van der Waals surface area contributed by atoms with Crippen LogP contribution in [0.4, 0.5) is 0 Å². The van der Waals surface area contributed by atoms with Crippen molar-refractivity contribution in [2.75, 3.05) is 39.6 Å². The zero-order valence-corrected chi connectivity index (χ0v) is 61.1. The van der Waals surface area contributed by atoms with Gasteiger partial charge in [0.05, 0.1) is 26.4 Å². The van der Waals surface area contributed by atoms with Gasteiger partial charge in [-0.3, -0.25) is 37.3 Å². The van der Waals surface area contributed by atoms with Crippen LogP contribution in [0.15, 0.2) is 24.3 Å². The lowest BCUT2D eigenvalue weighted by molar-refractivity contribution is -0.161. The number of unbranched alkanes of at least 4 members (excludes halogenated alkanes) is 37. The third-order valence-electron chi connectivity index (χ3n) is 16.3. The molecular formula is C73H138O17P2. The summed E-state index contributed by atoms with van der Waals surface area (Å²) < 4.78 is 68.2. The number of carbonyl (C=O) groups excluding carboxylic acids is 4. The summed E-state index contributed by atoms with van der Waals surface area (Å²) in [5.74, 6) is -0.813. The Balaban J connectivity index is 5.23. The number of aliphatic hydroxyl groups excluding tert-OH is 1. The molecule has 0 rings (SSSR count). The topological polar surface area (TPSA) is 237 Å². The molecule has 2 unspecified atom stereocenters. The Morgan fingerprint density at radius 2 is 0.587 bits per heavy atom. The van der Waals surface area contributed by atoms with Crippen LogP contribution < -0.4 is 0 Å². The number of hydrogen-bond donors (Lipinski definition) is 3. The fraction of sp³-hybridized carbons (Fsp3) is 0.890. The average molecular weight is 1350 g/mol. The quantitative estimate of drug-likeness (QED) is 0.0169. The molecule has 0 aromatic carbocycles. The smallest absolute Gasteiger partial charge is 0.462 e. The van der Waals surface area contributed by atoms with E-state index in [-0.39, 0.29) is 25.7 Å². The first kappa shape index (κ1) is 89.5. The van der Waals surface area contributed by atoms with Gasteiger partial charge in [-0.15, -0.1) is 0 Å². The molecule has 17 nitrogen and oxygen atoms in total. The third kappa shape index (κ3) is 66.2. The molecule has 0 heterocycles. The highest BCUT2D eigenvalue weighted by atomic mass is 31.2. The monoisotopic (exact) mass is 1350 g/mol. The van der Waals surface area contributed by atoms with Crippen molar-refractivity contribution in [1.29, 1.82) is 0 Å². The summed E-state index contributed by atoms with van der Waals surface area (Å²) in [6, 6.07) is 0. The van der Waals surface area contributed by atoms with Gasteiger partial charge in [0.1, 0.15) is 19.3 Å². The maximum absolute atomic E-state index is 13.0. The SMILES string of the molecule is CCCCCC/C=C\C=C/CCCCCCCC(=O)OC[C@H](COP(=O)(O)OC[C@@H](O)COP(=O)(O)OC[C@@H](COC(=O)CCCCCCCCC(C)C)OC(=O)CCCCCCCCC(C)C)OC(=O)CCCCCCCCCCCCCCCCCCCCC.